The van der Waals surface area contributed by atoms with Crippen LogP contribution in [-0.2, 0) is 10.0 Å². The van der Waals surface area contributed by atoms with E-state index in [4.69, 9.17) is 4.74 Å². The highest BCUT2D eigenvalue weighted by molar-refractivity contribution is 7.92. The molecular formula is C29H31N5O5S2. The number of carbonyl (C=O) groups excluding carboxylic acids is 2. The van der Waals surface area contributed by atoms with Gasteiger partial charge in [-0.2, -0.15) is 0 Å². The number of nitrogens with one attached hydrogen (secondary N) is 3. The molecule has 0 fully saturated rings. The van der Waals surface area contributed by atoms with Gasteiger partial charge in [0.15, 0.2) is 5.01 Å². The van der Waals surface area contributed by atoms with Gasteiger partial charge in [0.05, 0.1) is 18.5 Å². The first-order valence-corrected chi connectivity index (χ1v) is 15.0. The third-order valence-electron chi connectivity index (χ3n) is 5.98. The molecule has 10 nitrogen and oxygen atoms in total. The topological polar surface area (TPSA) is 130 Å². The van der Waals surface area contributed by atoms with Crippen molar-refractivity contribution in [1.82, 2.24) is 15.2 Å². The van der Waals surface area contributed by atoms with Gasteiger partial charge in [0.1, 0.15) is 10.6 Å². The number of anilines is 2. The lowest BCUT2D eigenvalue weighted by Crippen LogP contribution is -2.28. The number of sulfonamides is 1. The lowest BCUT2D eigenvalue weighted by molar-refractivity contribution is 0.0827. The first-order chi connectivity index (χ1) is 19.6. The molecule has 0 aliphatic carbocycles. The van der Waals surface area contributed by atoms with Crippen molar-refractivity contribution in [1.29, 1.82) is 0 Å². The molecule has 3 aromatic carbocycles. The van der Waals surface area contributed by atoms with Crippen LogP contribution in [-0.4, -0.2) is 64.4 Å². The molecule has 0 aliphatic rings. The molecule has 0 spiro atoms. The van der Waals surface area contributed by atoms with Crippen LogP contribution in [0.15, 0.2) is 77.0 Å². The fraction of sp³-hybridized carbons (Fsp3) is 0.207. The largest absolute Gasteiger partial charge is 0.495 e. The molecule has 0 aliphatic heterocycles. The highest BCUT2D eigenvalue weighted by Crippen LogP contribution is 2.32. The number of ether oxygens (including phenoxy) is 1. The molecule has 1 aromatic heterocycles. The number of amides is 2. The van der Waals surface area contributed by atoms with Gasteiger partial charge < -0.3 is 20.3 Å². The summed E-state index contributed by atoms with van der Waals surface area (Å²) in [5, 5.41) is 8.07. The van der Waals surface area contributed by atoms with Gasteiger partial charge in [-0.3, -0.25) is 14.3 Å². The van der Waals surface area contributed by atoms with Gasteiger partial charge in [-0.25, -0.2) is 13.4 Å². The Kier molecular flexibility index (Phi) is 9.25. The minimum absolute atomic E-state index is 0.0665. The van der Waals surface area contributed by atoms with Crippen molar-refractivity contribution in [3.63, 3.8) is 0 Å². The predicted molar refractivity (Wildman–Crippen MR) is 161 cm³/mol. The summed E-state index contributed by atoms with van der Waals surface area (Å²) in [6.07, 6.45) is 0. The van der Waals surface area contributed by atoms with Crippen LogP contribution in [0.5, 0.6) is 5.75 Å². The van der Waals surface area contributed by atoms with Crippen molar-refractivity contribution < 1.29 is 22.7 Å². The molecule has 3 N–H and O–H groups in total. The number of rotatable bonds is 11. The Bertz CT molecular complexity index is 1670. The Morgan fingerprint density at radius 2 is 1.73 bits per heavy atom. The molecule has 12 heteroatoms. The number of methoxy groups -OCH3 is 1. The van der Waals surface area contributed by atoms with E-state index in [1.54, 1.807) is 61.9 Å². The fourth-order valence-corrected chi connectivity index (χ4v) is 6.01. The van der Waals surface area contributed by atoms with Gasteiger partial charge >= 0.3 is 0 Å². The van der Waals surface area contributed by atoms with Crippen LogP contribution < -0.4 is 20.1 Å². The van der Waals surface area contributed by atoms with E-state index in [0.29, 0.717) is 46.3 Å². The average molecular weight is 594 g/mol. The van der Waals surface area contributed by atoms with Crippen LogP contribution in [0.25, 0.3) is 11.3 Å². The summed E-state index contributed by atoms with van der Waals surface area (Å²) in [5.41, 5.74) is 3.64. The first kappa shape index (κ1) is 29.6. The number of hydrogen-bond donors (Lipinski definition) is 3. The van der Waals surface area contributed by atoms with Crippen molar-refractivity contribution in [3.05, 3.63) is 88.2 Å². The van der Waals surface area contributed by atoms with Gasteiger partial charge in [0, 0.05) is 49.4 Å². The maximum Gasteiger partial charge on any atom is 0.282 e. The van der Waals surface area contributed by atoms with E-state index >= 15 is 0 Å². The van der Waals surface area contributed by atoms with Crippen molar-refractivity contribution in [2.75, 3.05) is 44.3 Å². The number of nitrogens with zero attached hydrogens (tertiary/aromatic N) is 2. The number of thiazole rings is 1. The maximum atomic E-state index is 13.4. The Hall–Kier alpha value is -4.42. The molecule has 214 valence electrons. The molecule has 2 amide bonds. The summed E-state index contributed by atoms with van der Waals surface area (Å²) in [5.74, 6) is -0.225. The number of aryl methyl sites for hydroxylation is 1. The molecule has 4 aromatic rings. The molecule has 0 saturated carbocycles. The zero-order valence-electron chi connectivity index (χ0n) is 23.1. The molecule has 0 radical (unpaired) electrons. The van der Waals surface area contributed by atoms with E-state index in [1.807, 2.05) is 25.1 Å². The molecule has 0 saturated heterocycles. The van der Waals surface area contributed by atoms with Crippen molar-refractivity contribution in [2.24, 2.45) is 0 Å². The van der Waals surface area contributed by atoms with Crippen LogP contribution in [0, 0.1) is 6.92 Å². The van der Waals surface area contributed by atoms with E-state index in [-0.39, 0.29) is 22.5 Å². The van der Waals surface area contributed by atoms with Gasteiger partial charge in [-0.05, 0) is 55.5 Å². The third kappa shape index (κ3) is 7.41. The number of carbonyl (C=O) groups is 2. The minimum atomic E-state index is -4.06. The lowest BCUT2D eigenvalue weighted by atomic mass is 10.1. The Morgan fingerprint density at radius 1 is 0.976 bits per heavy atom. The van der Waals surface area contributed by atoms with Gasteiger partial charge in [-0.15, -0.1) is 11.3 Å². The maximum absolute atomic E-state index is 13.4. The monoisotopic (exact) mass is 593 g/mol. The lowest BCUT2D eigenvalue weighted by Gasteiger charge is -2.14. The first-order valence-electron chi connectivity index (χ1n) is 12.6. The Balaban J connectivity index is 1.44. The molecule has 1 heterocycles. The molecule has 41 heavy (non-hydrogen) atoms. The van der Waals surface area contributed by atoms with Crippen LogP contribution in [0.1, 0.15) is 25.7 Å². The second-order valence-corrected chi connectivity index (χ2v) is 11.9. The molecule has 0 atom stereocenters. The van der Waals surface area contributed by atoms with E-state index < -0.39 is 10.0 Å². The standard InChI is InChI=1S/C29H31N5O5S2/c1-19-7-5-8-21(15-19)27(35)31-14-13-30-22-9-6-10-23(17-22)33-41(37,38)26-16-20(11-12-25(26)39-4)24-18-40-28(32-24)29(36)34(2)3/h5-12,15-18,30,33H,13-14H2,1-4H3,(H,31,35). The summed E-state index contributed by atoms with van der Waals surface area (Å²) >= 11 is 1.19. The fourth-order valence-electron chi connectivity index (χ4n) is 3.92. The minimum Gasteiger partial charge on any atom is -0.495 e. The van der Waals surface area contributed by atoms with Crippen molar-refractivity contribution in [2.45, 2.75) is 11.8 Å². The van der Waals surface area contributed by atoms with E-state index in [9.17, 15) is 18.0 Å². The number of aromatic nitrogens is 1. The summed E-state index contributed by atoms with van der Waals surface area (Å²) in [4.78, 5) is 30.3. The summed E-state index contributed by atoms with van der Waals surface area (Å²) < 4.78 is 34.8. The SMILES string of the molecule is COc1ccc(-c2csc(C(=O)N(C)C)n2)cc1S(=O)(=O)Nc1cccc(NCCNC(=O)c2cccc(C)c2)c1. The van der Waals surface area contributed by atoms with Crippen LogP contribution >= 0.6 is 11.3 Å². The highest BCUT2D eigenvalue weighted by atomic mass is 32.2. The van der Waals surface area contributed by atoms with Gasteiger partial charge in [0.2, 0.25) is 0 Å². The Morgan fingerprint density at radius 3 is 2.46 bits per heavy atom. The molecule has 0 unspecified atom stereocenters. The van der Waals surface area contributed by atoms with Gasteiger partial charge in [0.25, 0.3) is 21.8 Å². The number of benzene rings is 3. The zero-order chi connectivity index (χ0) is 29.6. The highest BCUT2D eigenvalue weighted by Gasteiger charge is 2.22. The summed E-state index contributed by atoms with van der Waals surface area (Å²) in [7, 11) is 0.622. The third-order valence-corrected chi connectivity index (χ3v) is 8.21. The van der Waals surface area contributed by atoms with E-state index in [0.717, 1.165) is 5.56 Å². The predicted octanol–water partition coefficient (Wildman–Crippen LogP) is 4.47. The summed E-state index contributed by atoms with van der Waals surface area (Å²) in [6.45, 7) is 2.75. The zero-order valence-corrected chi connectivity index (χ0v) is 24.7. The quantitative estimate of drug-likeness (QED) is 0.219. The molecule has 0 bridgehead atoms. The second kappa shape index (κ2) is 12.8. The second-order valence-electron chi connectivity index (χ2n) is 9.34. The normalized spacial score (nSPS) is 11.0. The smallest absolute Gasteiger partial charge is 0.282 e. The van der Waals surface area contributed by atoms with Crippen LogP contribution in [0.3, 0.4) is 0 Å². The molecule has 4 rings (SSSR count). The Labute approximate surface area is 243 Å². The number of hydrogen-bond acceptors (Lipinski definition) is 8. The molecular weight excluding hydrogens is 562 g/mol. The van der Waals surface area contributed by atoms with Gasteiger partial charge in [-0.1, -0.05) is 23.8 Å². The average Bonchev–Trinajstić information content (AvgIpc) is 3.44. The van der Waals surface area contributed by atoms with E-state index in [2.05, 4.69) is 20.3 Å². The summed E-state index contributed by atoms with van der Waals surface area (Å²) in [6, 6.07) is 18.9. The van der Waals surface area contributed by atoms with Crippen LogP contribution in [0.2, 0.25) is 0 Å². The van der Waals surface area contributed by atoms with E-state index in [1.165, 1.54) is 29.4 Å². The van der Waals surface area contributed by atoms with Crippen molar-refractivity contribution in [3.8, 4) is 17.0 Å². The van der Waals surface area contributed by atoms with Crippen molar-refractivity contribution >= 4 is 44.5 Å². The van der Waals surface area contributed by atoms with Crippen LogP contribution in [0.4, 0.5) is 11.4 Å².